The smallest absolute Gasteiger partial charge is 0.261 e. The van der Waals surface area contributed by atoms with Crippen molar-refractivity contribution in [2.45, 2.75) is 18.9 Å². The Hall–Kier alpha value is -0.710. The monoisotopic (exact) mass is 263 g/mol. The van der Waals surface area contributed by atoms with E-state index >= 15 is 0 Å². The molecule has 96 valence electrons. The molecule has 5 heteroatoms. The van der Waals surface area contributed by atoms with Crippen molar-refractivity contribution in [1.29, 1.82) is 0 Å². The highest BCUT2D eigenvalue weighted by molar-refractivity contribution is 6.30. The van der Waals surface area contributed by atoms with Crippen molar-refractivity contribution in [3.63, 3.8) is 0 Å². The van der Waals surface area contributed by atoms with Crippen LogP contribution in [0.1, 0.15) is 18.0 Å². The molecular formula is C12H16ClF2NO. The lowest BCUT2D eigenvalue weighted by molar-refractivity contribution is 0.0145. The molecule has 17 heavy (non-hydrogen) atoms. The van der Waals surface area contributed by atoms with Crippen LogP contribution < -0.4 is 5.32 Å². The minimum atomic E-state index is -2.41. The van der Waals surface area contributed by atoms with Gasteiger partial charge in [-0.15, -0.1) is 0 Å². The maximum absolute atomic E-state index is 11.9. The number of halogens is 3. The summed E-state index contributed by atoms with van der Waals surface area (Å²) in [5, 5.41) is 3.77. The number of hydrogen-bond donors (Lipinski definition) is 1. The fourth-order valence-electron chi connectivity index (χ4n) is 1.57. The largest absolute Gasteiger partial charge is 0.375 e. The fraction of sp³-hybridized carbons (Fsp3) is 0.500. The number of alkyl halides is 2. The average Bonchev–Trinajstić information content (AvgIpc) is 2.29. The Kier molecular flexibility index (Phi) is 6.40. The van der Waals surface area contributed by atoms with Gasteiger partial charge in [0.15, 0.2) is 0 Å². The highest BCUT2D eigenvalue weighted by Crippen LogP contribution is 2.20. The Morgan fingerprint density at radius 2 is 2.18 bits per heavy atom. The van der Waals surface area contributed by atoms with Crippen LogP contribution in [0.4, 0.5) is 8.78 Å². The molecule has 1 rings (SSSR count). The first-order chi connectivity index (χ1) is 8.13. The van der Waals surface area contributed by atoms with Gasteiger partial charge in [0.25, 0.3) is 6.43 Å². The minimum Gasteiger partial charge on any atom is -0.375 e. The van der Waals surface area contributed by atoms with Crippen LogP contribution in [-0.4, -0.2) is 26.7 Å². The van der Waals surface area contributed by atoms with E-state index in [1.807, 2.05) is 25.2 Å². The van der Waals surface area contributed by atoms with E-state index in [-0.39, 0.29) is 6.04 Å². The van der Waals surface area contributed by atoms with Crippen LogP contribution in [0.2, 0.25) is 5.02 Å². The van der Waals surface area contributed by atoms with Gasteiger partial charge in [-0.3, -0.25) is 0 Å². The van der Waals surface area contributed by atoms with E-state index in [4.69, 9.17) is 16.3 Å². The maximum Gasteiger partial charge on any atom is 0.261 e. The molecule has 0 saturated carbocycles. The molecule has 0 amide bonds. The van der Waals surface area contributed by atoms with Crippen LogP contribution >= 0.6 is 11.6 Å². The van der Waals surface area contributed by atoms with E-state index in [1.54, 1.807) is 6.07 Å². The highest BCUT2D eigenvalue weighted by Gasteiger charge is 2.10. The molecule has 2 nitrogen and oxygen atoms in total. The summed E-state index contributed by atoms with van der Waals surface area (Å²) in [5.41, 5.74) is 1.03. The van der Waals surface area contributed by atoms with Gasteiger partial charge in [0.05, 0.1) is 0 Å². The van der Waals surface area contributed by atoms with Crippen molar-refractivity contribution in [2.75, 3.05) is 20.3 Å². The molecule has 0 aliphatic carbocycles. The van der Waals surface area contributed by atoms with Crippen LogP contribution in [0.25, 0.3) is 0 Å². The van der Waals surface area contributed by atoms with Gasteiger partial charge in [0.1, 0.15) is 6.61 Å². The molecule has 0 radical (unpaired) electrons. The van der Waals surface area contributed by atoms with E-state index in [0.717, 1.165) is 5.56 Å². The zero-order valence-electron chi connectivity index (χ0n) is 9.63. The van der Waals surface area contributed by atoms with E-state index < -0.39 is 13.0 Å². The van der Waals surface area contributed by atoms with Crippen LogP contribution in [-0.2, 0) is 4.74 Å². The van der Waals surface area contributed by atoms with Gasteiger partial charge in [-0.1, -0.05) is 23.7 Å². The summed E-state index contributed by atoms with van der Waals surface area (Å²) in [6, 6.07) is 7.52. The summed E-state index contributed by atoms with van der Waals surface area (Å²) in [4.78, 5) is 0. The Bertz CT molecular complexity index is 336. The molecule has 0 aliphatic heterocycles. The third-order valence-electron chi connectivity index (χ3n) is 2.39. The Morgan fingerprint density at radius 3 is 2.76 bits per heavy atom. The second kappa shape index (κ2) is 7.58. The highest BCUT2D eigenvalue weighted by atomic mass is 35.5. The van der Waals surface area contributed by atoms with Gasteiger partial charge in [0, 0.05) is 17.7 Å². The Labute approximate surface area is 105 Å². The lowest BCUT2D eigenvalue weighted by atomic mass is 10.0. The minimum absolute atomic E-state index is 0.0615. The average molecular weight is 264 g/mol. The molecule has 1 aromatic carbocycles. The Balaban J connectivity index is 2.43. The zero-order chi connectivity index (χ0) is 12.7. The first-order valence-electron chi connectivity index (χ1n) is 5.42. The van der Waals surface area contributed by atoms with Gasteiger partial charge in [-0.25, -0.2) is 8.78 Å². The van der Waals surface area contributed by atoms with E-state index in [0.29, 0.717) is 18.1 Å². The quantitative estimate of drug-likeness (QED) is 0.763. The standard InChI is InChI=1S/C12H16ClF2NO/c1-16-11(5-6-17-8-12(14)15)9-3-2-4-10(13)7-9/h2-4,7,11-12,16H,5-6,8H2,1H3. The van der Waals surface area contributed by atoms with E-state index in [1.165, 1.54) is 0 Å². The van der Waals surface area contributed by atoms with Gasteiger partial charge in [-0.05, 0) is 31.2 Å². The van der Waals surface area contributed by atoms with Gasteiger partial charge in [-0.2, -0.15) is 0 Å². The molecule has 0 aliphatic rings. The molecule has 0 aromatic heterocycles. The van der Waals surface area contributed by atoms with Gasteiger partial charge >= 0.3 is 0 Å². The predicted octanol–water partition coefficient (Wildman–Crippen LogP) is 3.27. The van der Waals surface area contributed by atoms with Crippen LogP contribution in [0.3, 0.4) is 0 Å². The second-order valence-electron chi connectivity index (χ2n) is 3.65. The first-order valence-corrected chi connectivity index (χ1v) is 5.80. The number of nitrogens with one attached hydrogen (secondary N) is 1. The number of hydrogen-bond acceptors (Lipinski definition) is 2. The molecule has 0 bridgehead atoms. The molecule has 0 heterocycles. The molecule has 1 aromatic rings. The van der Waals surface area contributed by atoms with Crippen LogP contribution in [0, 0.1) is 0 Å². The number of ether oxygens (including phenoxy) is 1. The summed E-state index contributed by atoms with van der Waals surface area (Å²) < 4.78 is 28.6. The molecule has 0 saturated heterocycles. The maximum atomic E-state index is 11.9. The van der Waals surface area contributed by atoms with Crippen molar-refractivity contribution >= 4 is 11.6 Å². The van der Waals surface area contributed by atoms with Crippen molar-refractivity contribution in [3.05, 3.63) is 34.9 Å². The van der Waals surface area contributed by atoms with Gasteiger partial charge in [0.2, 0.25) is 0 Å². The molecule has 1 N–H and O–H groups in total. The predicted molar refractivity (Wildman–Crippen MR) is 64.7 cm³/mol. The summed E-state index contributed by atoms with van der Waals surface area (Å²) in [5.74, 6) is 0. The van der Waals surface area contributed by atoms with Crippen molar-refractivity contribution in [3.8, 4) is 0 Å². The van der Waals surface area contributed by atoms with Crippen LogP contribution in [0.15, 0.2) is 24.3 Å². The summed E-state index contributed by atoms with van der Waals surface area (Å²) in [6.07, 6.45) is -1.78. The number of rotatable bonds is 7. The lowest BCUT2D eigenvalue weighted by Crippen LogP contribution is -2.19. The topological polar surface area (TPSA) is 21.3 Å². The normalized spacial score (nSPS) is 13.0. The van der Waals surface area contributed by atoms with Crippen molar-refractivity contribution in [2.24, 2.45) is 0 Å². The van der Waals surface area contributed by atoms with Crippen molar-refractivity contribution < 1.29 is 13.5 Å². The number of benzene rings is 1. The first kappa shape index (κ1) is 14.4. The summed E-state index contributed by atoms with van der Waals surface area (Å²) in [7, 11) is 1.82. The molecule has 1 atom stereocenters. The third kappa shape index (κ3) is 5.44. The SMILES string of the molecule is CNC(CCOCC(F)F)c1cccc(Cl)c1. The summed E-state index contributed by atoms with van der Waals surface area (Å²) >= 11 is 5.89. The third-order valence-corrected chi connectivity index (χ3v) is 2.63. The lowest BCUT2D eigenvalue weighted by Gasteiger charge is -2.16. The Morgan fingerprint density at radius 1 is 1.41 bits per heavy atom. The zero-order valence-corrected chi connectivity index (χ0v) is 10.4. The fourth-order valence-corrected chi connectivity index (χ4v) is 1.77. The van der Waals surface area contributed by atoms with Crippen molar-refractivity contribution in [1.82, 2.24) is 5.32 Å². The molecule has 0 spiro atoms. The molecular weight excluding hydrogens is 248 g/mol. The van der Waals surface area contributed by atoms with E-state index in [9.17, 15) is 8.78 Å². The van der Waals surface area contributed by atoms with Crippen LogP contribution in [0.5, 0.6) is 0 Å². The van der Waals surface area contributed by atoms with E-state index in [2.05, 4.69) is 5.32 Å². The second-order valence-corrected chi connectivity index (χ2v) is 4.09. The summed E-state index contributed by atoms with van der Waals surface area (Å²) in [6.45, 7) is -0.214. The molecule has 0 fully saturated rings. The molecule has 1 unspecified atom stereocenters. The van der Waals surface area contributed by atoms with Gasteiger partial charge < -0.3 is 10.1 Å².